The van der Waals surface area contributed by atoms with Crippen molar-refractivity contribution in [1.82, 2.24) is 9.13 Å². The van der Waals surface area contributed by atoms with Crippen LogP contribution in [-0.4, -0.2) is 9.13 Å². The third-order valence-electron chi connectivity index (χ3n) is 16.2. The molecule has 0 fully saturated rings. The molecule has 6 heteroatoms. The zero-order valence-corrected chi connectivity index (χ0v) is 44.5. The molecule has 370 valence electrons. The first kappa shape index (κ1) is 45.8. The Morgan fingerprint density at radius 2 is 0.750 bits per heavy atom. The van der Waals surface area contributed by atoms with Gasteiger partial charge in [-0.25, -0.2) is 4.85 Å². The van der Waals surface area contributed by atoms with Gasteiger partial charge in [0.05, 0.1) is 55.0 Å². The lowest BCUT2D eigenvalue weighted by Crippen LogP contribution is -2.09. The molecule has 12 aromatic carbocycles. The van der Waals surface area contributed by atoms with E-state index in [2.05, 4.69) is 245 Å². The number of nitriles is 1. The molecular weight excluding hydrogens is 1010 g/mol. The number of fused-ring (bicyclic) bond motifs is 14. The molecule has 0 atom stereocenters. The highest BCUT2D eigenvalue weighted by atomic mass is 32.1. The molecule has 0 spiro atoms. The fourth-order valence-electron chi connectivity index (χ4n) is 12.6. The Morgan fingerprint density at radius 3 is 1.25 bits per heavy atom. The molecule has 0 N–H and O–H groups in total. The van der Waals surface area contributed by atoms with Gasteiger partial charge < -0.3 is 9.13 Å². The van der Waals surface area contributed by atoms with Crippen LogP contribution < -0.4 is 0 Å². The first-order valence-corrected chi connectivity index (χ1v) is 28.4. The highest BCUT2D eigenvalue weighted by Gasteiger charge is 2.33. The number of aromatic nitrogens is 2. The van der Waals surface area contributed by atoms with Crippen molar-refractivity contribution < 1.29 is 0 Å². The maximum atomic E-state index is 12.4. The summed E-state index contributed by atoms with van der Waals surface area (Å²) in [6.07, 6.45) is 0. The predicted octanol–water partition coefficient (Wildman–Crippen LogP) is 21.4. The van der Waals surface area contributed by atoms with E-state index in [1.54, 1.807) is 22.7 Å². The van der Waals surface area contributed by atoms with Crippen LogP contribution in [0.25, 0.3) is 156 Å². The van der Waals surface area contributed by atoms with E-state index in [4.69, 9.17) is 0 Å². The Hall–Kier alpha value is -10.3. The topological polar surface area (TPSA) is 38.0 Å². The molecule has 0 amide bonds. The predicted molar refractivity (Wildman–Crippen MR) is 339 cm³/mol. The number of thiophene rings is 2. The Kier molecular flexibility index (Phi) is 10.4. The van der Waals surface area contributed by atoms with E-state index in [0.717, 1.165) is 114 Å². The van der Waals surface area contributed by atoms with Gasteiger partial charge in [-0.3, -0.25) is 0 Å². The summed E-state index contributed by atoms with van der Waals surface area (Å²) >= 11 is 3.61. The molecule has 0 radical (unpaired) electrons. The van der Waals surface area contributed by atoms with E-state index < -0.39 is 0 Å². The van der Waals surface area contributed by atoms with Gasteiger partial charge in [-0.1, -0.05) is 218 Å². The summed E-state index contributed by atoms with van der Waals surface area (Å²) in [5.41, 5.74) is 16.2. The van der Waals surface area contributed by atoms with E-state index in [9.17, 15) is 11.8 Å². The van der Waals surface area contributed by atoms with Crippen molar-refractivity contribution in [3.8, 4) is 73.1 Å². The molecule has 4 aromatic heterocycles. The van der Waals surface area contributed by atoms with Gasteiger partial charge in [0, 0.05) is 63.6 Å². The van der Waals surface area contributed by atoms with E-state index in [0.29, 0.717) is 16.8 Å². The van der Waals surface area contributed by atoms with Crippen molar-refractivity contribution in [2.45, 2.75) is 0 Å². The third kappa shape index (κ3) is 6.84. The van der Waals surface area contributed by atoms with Crippen molar-refractivity contribution in [3.05, 3.63) is 272 Å². The normalized spacial score (nSPS) is 11.7. The second kappa shape index (κ2) is 18.1. The highest BCUT2D eigenvalue weighted by molar-refractivity contribution is 7.27. The summed E-state index contributed by atoms with van der Waals surface area (Å²) in [5.74, 6) is 0. The number of rotatable bonds is 7. The molecule has 0 saturated heterocycles. The summed E-state index contributed by atoms with van der Waals surface area (Å²) in [6, 6.07) is 93.4. The van der Waals surface area contributed by atoms with Gasteiger partial charge >= 0.3 is 0 Å². The Balaban J connectivity index is 1.15. The first-order valence-electron chi connectivity index (χ1n) is 26.7. The van der Waals surface area contributed by atoms with Crippen LogP contribution in [0.2, 0.25) is 0 Å². The van der Waals surface area contributed by atoms with Crippen molar-refractivity contribution in [1.29, 1.82) is 5.26 Å². The molecule has 0 aliphatic rings. The number of hydrogen-bond donors (Lipinski definition) is 0. The van der Waals surface area contributed by atoms with E-state index in [-0.39, 0.29) is 0 Å². The van der Waals surface area contributed by atoms with Gasteiger partial charge in [0.1, 0.15) is 6.07 Å². The standard InChI is InChI=1S/C74H42N4S2/c1-76-68-66(48-25-13-5-14-26-48)61(44-75)69(67(49-27-15-6-16-28-49)72(68)77-62-30-18-17-29-53(62)54-34-31-52(43-63(54)77)47-23-11-4-12-24-47)78-70-55(35-37-57-59-41-50(45-19-7-2-8-20-45)32-39-64(59)79-73(57)70)56-36-38-58-60-42-51(46-21-9-3-10-22-46)33-40-65(60)80-74(58)71(56)78/h2-43H. The number of para-hydroxylation sites is 1. The van der Waals surface area contributed by atoms with Crippen LogP contribution >= 0.6 is 22.7 Å². The lowest BCUT2D eigenvalue weighted by molar-refractivity contribution is 1.14. The molecule has 0 bridgehead atoms. The SMILES string of the molecule is [C-]#[N+]c1c(-c2ccccc2)c(C#N)c(-n2c3c(ccc4c5cc(-c6ccccc6)ccc5sc43)c3ccc4c5cc(-c6ccccc6)ccc5sc4c32)c(-c2ccccc2)c1-n1c2ccccc2c2ccc(-c3ccccc3)cc21. The zero-order chi connectivity index (χ0) is 53.0. The fourth-order valence-corrected chi connectivity index (χ4v) is 15.1. The molecule has 4 nitrogen and oxygen atoms in total. The average molecular weight is 1050 g/mol. The van der Waals surface area contributed by atoms with Gasteiger partial charge in [-0.15, -0.1) is 22.7 Å². The molecule has 0 aliphatic carbocycles. The van der Waals surface area contributed by atoms with Crippen molar-refractivity contribution in [2.24, 2.45) is 0 Å². The number of nitrogens with zero attached hydrogens (tertiary/aromatic N) is 4. The highest BCUT2D eigenvalue weighted by Crippen LogP contribution is 2.55. The second-order valence-electron chi connectivity index (χ2n) is 20.4. The summed E-state index contributed by atoms with van der Waals surface area (Å²) in [6.45, 7) is 9.51. The Morgan fingerprint density at radius 1 is 0.338 bits per heavy atom. The summed E-state index contributed by atoms with van der Waals surface area (Å²) in [5, 5.41) is 21.4. The molecule has 16 rings (SSSR count). The van der Waals surface area contributed by atoms with Crippen LogP contribution in [-0.2, 0) is 0 Å². The number of benzene rings is 12. The van der Waals surface area contributed by atoms with Gasteiger partial charge in [0.25, 0.3) is 0 Å². The largest absolute Gasteiger partial charge is 0.318 e. The molecule has 0 saturated carbocycles. The zero-order valence-electron chi connectivity index (χ0n) is 42.9. The van der Waals surface area contributed by atoms with Crippen LogP contribution in [0.4, 0.5) is 5.69 Å². The minimum absolute atomic E-state index is 0.407. The third-order valence-corrected chi connectivity index (χ3v) is 18.6. The van der Waals surface area contributed by atoms with E-state index in [1.165, 1.54) is 31.3 Å². The lowest BCUT2D eigenvalue weighted by Gasteiger charge is -2.26. The minimum atomic E-state index is 0.407. The van der Waals surface area contributed by atoms with Gasteiger partial charge in [0.2, 0.25) is 5.69 Å². The van der Waals surface area contributed by atoms with Crippen LogP contribution in [0.1, 0.15) is 5.56 Å². The Labute approximate surface area is 468 Å². The van der Waals surface area contributed by atoms with Crippen molar-refractivity contribution in [3.63, 3.8) is 0 Å². The van der Waals surface area contributed by atoms with Gasteiger partial charge in [-0.05, 0) is 80.9 Å². The van der Waals surface area contributed by atoms with Gasteiger partial charge in [-0.2, -0.15) is 5.26 Å². The monoisotopic (exact) mass is 1050 g/mol. The average Bonchev–Trinajstić information content (AvgIpc) is 4.30. The van der Waals surface area contributed by atoms with E-state index >= 15 is 0 Å². The number of hydrogen-bond acceptors (Lipinski definition) is 3. The maximum Gasteiger partial charge on any atom is 0.220 e. The van der Waals surface area contributed by atoms with Crippen LogP contribution in [0, 0.1) is 17.9 Å². The van der Waals surface area contributed by atoms with E-state index in [1.807, 2.05) is 30.3 Å². The maximum absolute atomic E-state index is 12.4. The summed E-state index contributed by atoms with van der Waals surface area (Å²) in [7, 11) is 0. The second-order valence-corrected chi connectivity index (χ2v) is 22.6. The minimum Gasteiger partial charge on any atom is -0.318 e. The first-order chi connectivity index (χ1) is 39.6. The smallest absolute Gasteiger partial charge is 0.220 e. The quantitative estimate of drug-likeness (QED) is 0.147. The van der Waals surface area contributed by atoms with Crippen molar-refractivity contribution >= 4 is 112 Å². The molecule has 80 heavy (non-hydrogen) atoms. The molecule has 0 aliphatic heterocycles. The molecular formula is C74H42N4S2. The summed E-state index contributed by atoms with van der Waals surface area (Å²) < 4.78 is 9.42. The van der Waals surface area contributed by atoms with Crippen LogP contribution in [0.5, 0.6) is 0 Å². The molecule has 4 heterocycles. The summed E-state index contributed by atoms with van der Waals surface area (Å²) in [4.78, 5) is 4.64. The Bertz CT molecular complexity index is 5120. The fraction of sp³-hybridized carbons (Fsp3) is 0. The van der Waals surface area contributed by atoms with Crippen LogP contribution in [0.3, 0.4) is 0 Å². The molecule has 0 unspecified atom stereocenters. The lowest BCUT2D eigenvalue weighted by atomic mass is 9.88. The van der Waals surface area contributed by atoms with Gasteiger partial charge in [0.15, 0.2) is 0 Å². The van der Waals surface area contributed by atoms with Crippen LogP contribution in [0.15, 0.2) is 255 Å². The van der Waals surface area contributed by atoms with Crippen molar-refractivity contribution in [2.75, 3.05) is 0 Å². The molecule has 16 aromatic rings.